The van der Waals surface area contributed by atoms with Gasteiger partial charge in [-0.05, 0) is 37.0 Å². The van der Waals surface area contributed by atoms with Gasteiger partial charge in [0, 0.05) is 5.57 Å². The first kappa shape index (κ1) is 26.9. The van der Waals surface area contributed by atoms with E-state index in [1.165, 1.54) is 31.2 Å². The van der Waals surface area contributed by atoms with E-state index in [9.17, 15) is 4.79 Å². The van der Waals surface area contributed by atoms with Crippen molar-refractivity contribution in [3.8, 4) is 5.75 Å². The minimum atomic E-state index is -0.395. The molecule has 1 atom stereocenters. The van der Waals surface area contributed by atoms with Gasteiger partial charge in [0.05, 0.1) is 26.4 Å². The van der Waals surface area contributed by atoms with Gasteiger partial charge < -0.3 is 18.9 Å². The van der Waals surface area contributed by atoms with Crippen LogP contribution in [0.5, 0.6) is 5.75 Å². The van der Waals surface area contributed by atoms with Crippen molar-refractivity contribution in [1.82, 2.24) is 0 Å². The van der Waals surface area contributed by atoms with Gasteiger partial charge in [-0.1, -0.05) is 70.4 Å². The van der Waals surface area contributed by atoms with Crippen LogP contribution >= 0.6 is 0 Å². The van der Waals surface area contributed by atoms with Crippen molar-refractivity contribution in [2.75, 3.05) is 39.6 Å². The zero-order valence-corrected chi connectivity index (χ0v) is 19.6. The molecular weight excluding hydrogens is 392 g/mol. The summed E-state index contributed by atoms with van der Waals surface area (Å²) in [5.41, 5.74) is 1.58. The topological polar surface area (TPSA) is 54.0 Å². The van der Waals surface area contributed by atoms with E-state index in [0.717, 1.165) is 18.1 Å². The fraction of sp³-hybridized carbons (Fsp3) is 0.577. The Bertz CT molecular complexity index is 636. The molecule has 1 unspecified atom stereocenters. The summed E-state index contributed by atoms with van der Waals surface area (Å²) in [6.45, 7) is 12.1. The Labute approximate surface area is 188 Å². The second kappa shape index (κ2) is 17.6. The van der Waals surface area contributed by atoms with Crippen molar-refractivity contribution in [2.45, 2.75) is 52.9 Å². The third-order valence-electron chi connectivity index (χ3n) is 4.88. The zero-order chi connectivity index (χ0) is 22.7. The Morgan fingerprint density at radius 1 is 1.00 bits per heavy atom. The minimum absolute atomic E-state index is 0.220. The summed E-state index contributed by atoms with van der Waals surface area (Å²) in [6, 6.07) is 8.13. The van der Waals surface area contributed by atoms with Gasteiger partial charge in [-0.15, -0.1) is 0 Å². The lowest BCUT2D eigenvalue weighted by atomic mass is 9.95. The van der Waals surface area contributed by atoms with Gasteiger partial charge in [0.2, 0.25) is 0 Å². The third-order valence-corrected chi connectivity index (χ3v) is 4.88. The summed E-state index contributed by atoms with van der Waals surface area (Å²) in [7, 11) is 0. The van der Waals surface area contributed by atoms with E-state index in [0.29, 0.717) is 38.6 Å². The molecule has 0 saturated heterocycles. The van der Waals surface area contributed by atoms with Gasteiger partial charge in [-0.25, -0.2) is 4.79 Å². The van der Waals surface area contributed by atoms with Crippen molar-refractivity contribution in [3.05, 3.63) is 48.1 Å². The Balaban J connectivity index is 2.08. The maximum absolute atomic E-state index is 11.2. The maximum Gasteiger partial charge on any atom is 0.333 e. The fourth-order valence-corrected chi connectivity index (χ4v) is 2.91. The van der Waals surface area contributed by atoms with Crippen LogP contribution in [0.1, 0.15) is 58.4 Å². The third kappa shape index (κ3) is 13.7. The van der Waals surface area contributed by atoms with Crippen LogP contribution in [0.15, 0.2) is 42.5 Å². The number of ether oxygens (including phenoxy) is 4. The molecule has 1 aromatic rings. The van der Waals surface area contributed by atoms with Crippen molar-refractivity contribution in [1.29, 1.82) is 0 Å². The largest absolute Gasteiger partial charge is 0.491 e. The zero-order valence-electron chi connectivity index (χ0n) is 19.6. The Hall–Kier alpha value is -2.11. The SMILES string of the molecule is C=C(C)C(=O)OCCOCCOCCOc1ccc(/C=C/CC(CC)CCCC)cc1. The molecule has 0 radical (unpaired) electrons. The average Bonchev–Trinajstić information content (AvgIpc) is 2.78. The van der Waals surface area contributed by atoms with Gasteiger partial charge in [0.15, 0.2) is 0 Å². The molecule has 1 rings (SSSR count). The molecule has 0 N–H and O–H groups in total. The normalized spacial score (nSPS) is 12.1. The number of unbranched alkanes of at least 4 members (excludes halogenated alkanes) is 1. The predicted molar refractivity (Wildman–Crippen MR) is 126 cm³/mol. The van der Waals surface area contributed by atoms with Crippen LogP contribution < -0.4 is 4.74 Å². The standard InChI is InChI=1S/C26H40O5/c1-5-7-9-23(6-2)10-8-11-24-12-14-25(15-13-24)30-20-18-28-16-17-29-19-21-31-26(27)22(3)4/h8,11-15,23H,3,5-7,9-10,16-21H2,1-2,4H3/b11-8+. The maximum atomic E-state index is 11.2. The van der Waals surface area contributed by atoms with Crippen molar-refractivity contribution < 1.29 is 23.7 Å². The Kier molecular flexibility index (Phi) is 15.3. The number of rotatable bonds is 18. The molecule has 0 aliphatic carbocycles. The van der Waals surface area contributed by atoms with Crippen LogP contribution in [0, 0.1) is 5.92 Å². The lowest BCUT2D eigenvalue weighted by molar-refractivity contribution is -0.140. The second-order valence-corrected chi connectivity index (χ2v) is 7.61. The van der Waals surface area contributed by atoms with Gasteiger partial charge in [-0.3, -0.25) is 0 Å². The van der Waals surface area contributed by atoms with Crippen LogP contribution in [0.4, 0.5) is 0 Å². The van der Waals surface area contributed by atoms with Crippen molar-refractivity contribution >= 4 is 12.0 Å². The number of carbonyl (C=O) groups excluding carboxylic acids is 1. The first-order chi connectivity index (χ1) is 15.1. The Morgan fingerprint density at radius 3 is 2.26 bits per heavy atom. The summed E-state index contributed by atoms with van der Waals surface area (Å²) in [6.07, 6.45) is 10.8. The van der Waals surface area contributed by atoms with Crippen LogP contribution in [0.25, 0.3) is 6.08 Å². The number of hydrogen-bond donors (Lipinski definition) is 0. The van der Waals surface area contributed by atoms with Crippen molar-refractivity contribution in [3.63, 3.8) is 0 Å². The van der Waals surface area contributed by atoms with Crippen LogP contribution in [-0.2, 0) is 19.0 Å². The van der Waals surface area contributed by atoms with E-state index in [4.69, 9.17) is 18.9 Å². The monoisotopic (exact) mass is 432 g/mol. The molecule has 0 aliphatic heterocycles. The molecular formula is C26H40O5. The highest BCUT2D eigenvalue weighted by Gasteiger charge is 2.03. The van der Waals surface area contributed by atoms with Crippen LogP contribution in [-0.4, -0.2) is 45.6 Å². The lowest BCUT2D eigenvalue weighted by Gasteiger charge is -2.11. The molecule has 0 aliphatic rings. The van der Waals surface area contributed by atoms with E-state index in [1.54, 1.807) is 6.92 Å². The van der Waals surface area contributed by atoms with Crippen molar-refractivity contribution in [2.24, 2.45) is 5.92 Å². The molecule has 0 bridgehead atoms. The number of allylic oxidation sites excluding steroid dienone is 1. The number of hydrogen-bond acceptors (Lipinski definition) is 5. The molecule has 0 fully saturated rings. The number of esters is 1. The first-order valence-electron chi connectivity index (χ1n) is 11.4. The molecule has 1 aromatic carbocycles. The molecule has 5 heteroatoms. The predicted octanol–water partition coefficient (Wildman–Crippen LogP) is 5.84. The molecule has 0 aromatic heterocycles. The highest BCUT2D eigenvalue weighted by atomic mass is 16.6. The molecule has 5 nitrogen and oxygen atoms in total. The van der Waals surface area contributed by atoms with E-state index in [-0.39, 0.29) is 6.61 Å². The lowest BCUT2D eigenvalue weighted by Crippen LogP contribution is -2.14. The minimum Gasteiger partial charge on any atom is -0.491 e. The first-order valence-corrected chi connectivity index (χ1v) is 11.4. The fourth-order valence-electron chi connectivity index (χ4n) is 2.91. The summed E-state index contributed by atoms with van der Waals surface area (Å²) < 4.78 is 21.4. The molecule has 31 heavy (non-hydrogen) atoms. The Morgan fingerprint density at radius 2 is 1.65 bits per heavy atom. The van der Waals surface area contributed by atoms with E-state index in [2.05, 4.69) is 44.7 Å². The van der Waals surface area contributed by atoms with Gasteiger partial charge in [0.1, 0.15) is 19.0 Å². The van der Waals surface area contributed by atoms with E-state index in [1.807, 2.05) is 12.1 Å². The molecule has 0 spiro atoms. The summed E-state index contributed by atoms with van der Waals surface area (Å²) >= 11 is 0. The summed E-state index contributed by atoms with van der Waals surface area (Å²) in [5, 5.41) is 0. The van der Waals surface area contributed by atoms with E-state index < -0.39 is 5.97 Å². The van der Waals surface area contributed by atoms with Gasteiger partial charge >= 0.3 is 5.97 Å². The quantitative estimate of drug-likeness (QED) is 0.166. The average molecular weight is 433 g/mol. The molecule has 0 amide bonds. The smallest absolute Gasteiger partial charge is 0.333 e. The molecule has 174 valence electrons. The number of carbonyl (C=O) groups is 1. The molecule has 0 saturated carbocycles. The van der Waals surface area contributed by atoms with Gasteiger partial charge in [0.25, 0.3) is 0 Å². The highest BCUT2D eigenvalue weighted by molar-refractivity contribution is 5.86. The van der Waals surface area contributed by atoms with Crippen LogP contribution in [0.3, 0.4) is 0 Å². The van der Waals surface area contributed by atoms with E-state index >= 15 is 0 Å². The second-order valence-electron chi connectivity index (χ2n) is 7.61. The summed E-state index contributed by atoms with van der Waals surface area (Å²) in [5.74, 6) is 1.24. The molecule has 0 heterocycles. The number of benzene rings is 1. The summed E-state index contributed by atoms with van der Waals surface area (Å²) in [4.78, 5) is 11.2. The highest BCUT2D eigenvalue weighted by Crippen LogP contribution is 2.18. The van der Waals surface area contributed by atoms with Crippen LogP contribution in [0.2, 0.25) is 0 Å². The van der Waals surface area contributed by atoms with Gasteiger partial charge in [-0.2, -0.15) is 0 Å².